The van der Waals surface area contributed by atoms with E-state index >= 15 is 0 Å². The molecule has 7 heteroatoms. The molecule has 2 N–H and O–H groups in total. The number of nitrogens with two attached hydrogens (primary N) is 1. The van der Waals surface area contributed by atoms with Gasteiger partial charge in [0.1, 0.15) is 0 Å². The number of rotatable bonds is 4. The number of primary amides is 1. The van der Waals surface area contributed by atoms with Crippen molar-refractivity contribution in [3.63, 3.8) is 0 Å². The molecule has 7 nitrogen and oxygen atoms in total. The number of carbonyl (C=O) groups excluding carboxylic acids is 1. The normalized spacial score (nSPS) is 28.9. The van der Waals surface area contributed by atoms with Crippen LogP contribution in [0, 0.1) is 0 Å². The van der Waals surface area contributed by atoms with Gasteiger partial charge in [-0.1, -0.05) is 5.23 Å². The fourth-order valence-electron chi connectivity index (χ4n) is 1.93. The molecule has 0 aromatic rings. The summed E-state index contributed by atoms with van der Waals surface area (Å²) in [6.45, 7) is 1.24. The molecule has 2 atom stereocenters. The van der Waals surface area contributed by atoms with Crippen molar-refractivity contribution in [3.05, 3.63) is 0 Å². The number of amides is 2. The molecule has 0 aromatic carbocycles. The maximum absolute atomic E-state index is 11.2. The molecule has 0 aromatic heterocycles. The molecule has 2 unspecified atom stereocenters. The first-order valence-electron chi connectivity index (χ1n) is 6.42. The quantitative estimate of drug-likeness (QED) is 0.770. The molecule has 2 aliphatic heterocycles. The molecule has 0 bridgehead atoms. The minimum absolute atomic E-state index is 0.477. The van der Waals surface area contributed by atoms with Crippen LogP contribution in [0.3, 0.4) is 0 Å². The SMILES string of the molecule is NC(=O)N(OC1CCCCO1)OC1CCCCO1. The smallest absolute Gasteiger partial charge is 0.350 e. The van der Waals surface area contributed by atoms with Crippen molar-refractivity contribution < 1.29 is 23.9 Å². The Kier molecular flexibility index (Phi) is 5.18. The Labute approximate surface area is 106 Å². The Morgan fingerprint density at radius 1 is 1.00 bits per heavy atom. The Balaban J connectivity index is 1.80. The standard InChI is InChI=1S/C11H20N2O5/c12-11(14)13(17-9-5-1-3-7-15-9)18-10-6-2-4-8-16-10/h9-10H,1-8H2,(H2,12,14). The zero-order chi connectivity index (χ0) is 12.8. The Morgan fingerprint density at radius 2 is 1.50 bits per heavy atom. The predicted molar refractivity (Wildman–Crippen MR) is 60.8 cm³/mol. The fourth-order valence-corrected chi connectivity index (χ4v) is 1.93. The second-order valence-electron chi connectivity index (χ2n) is 4.40. The summed E-state index contributed by atoms with van der Waals surface area (Å²) in [5.41, 5.74) is 5.20. The van der Waals surface area contributed by atoms with E-state index in [-0.39, 0.29) is 0 Å². The van der Waals surface area contributed by atoms with Crippen LogP contribution in [-0.4, -0.2) is 37.1 Å². The molecule has 2 saturated heterocycles. The monoisotopic (exact) mass is 260 g/mol. The number of ether oxygens (including phenoxy) is 2. The maximum atomic E-state index is 11.2. The van der Waals surface area contributed by atoms with Gasteiger partial charge in [-0.15, -0.1) is 0 Å². The number of hydrogen-bond donors (Lipinski definition) is 1. The lowest BCUT2D eigenvalue weighted by atomic mass is 10.2. The highest BCUT2D eigenvalue weighted by molar-refractivity contribution is 5.69. The summed E-state index contributed by atoms with van der Waals surface area (Å²) in [5, 5.41) is 0.686. The van der Waals surface area contributed by atoms with Crippen LogP contribution >= 0.6 is 0 Å². The van der Waals surface area contributed by atoms with Gasteiger partial charge in [0, 0.05) is 26.1 Å². The number of urea groups is 1. The van der Waals surface area contributed by atoms with Crippen LogP contribution in [0.25, 0.3) is 0 Å². The molecular formula is C11H20N2O5. The summed E-state index contributed by atoms with van der Waals surface area (Å²) < 4.78 is 10.7. The van der Waals surface area contributed by atoms with Gasteiger partial charge < -0.3 is 15.2 Å². The van der Waals surface area contributed by atoms with Crippen molar-refractivity contribution in [2.45, 2.75) is 51.1 Å². The van der Waals surface area contributed by atoms with E-state index in [0.717, 1.165) is 38.5 Å². The van der Waals surface area contributed by atoms with Crippen LogP contribution in [0.15, 0.2) is 0 Å². The van der Waals surface area contributed by atoms with Gasteiger partial charge >= 0.3 is 6.03 Å². The number of hydrogen-bond acceptors (Lipinski definition) is 5. The van der Waals surface area contributed by atoms with Crippen LogP contribution in [0.4, 0.5) is 4.79 Å². The van der Waals surface area contributed by atoms with Gasteiger partial charge in [0.05, 0.1) is 0 Å². The van der Waals surface area contributed by atoms with Gasteiger partial charge in [0.2, 0.25) is 0 Å². The third-order valence-electron chi connectivity index (χ3n) is 2.88. The highest BCUT2D eigenvalue weighted by Crippen LogP contribution is 2.19. The lowest BCUT2D eigenvalue weighted by molar-refractivity contribution is -0.428. The molecule has 0 spiro atoms. The van der Waals surface area contributed by atoms with Crippen LogP contribution in [0.2, 0.25) is 0 Å². The van der Waals surface area contributed by atoms with Gasteiger partial charge in [0.15, 0.2) is 12.6 Å². The molecule has 2 rings (SSSR count). The van der Waals surface area contributed by atoms with Crippen LogP contribution in [0.1, 0.15) is 38.5 Å². The summed E-state index contributed by atoms with van der Waals surface area (Å²) in [5.74, 6) is 0. The highest BCUT2D eigenvalue weighted by atomic mass is 17.0. The second kappa shape index (κ2) is 6.89. The van der Waals surface area contributed by atoms with Gasteiger partial charge in [-0.25, -0.2) is 14.5 Å². The summed E-state index contributed by atoms with van der Waals surface area (Å²) in [6.07, 6.45) is 4.49. The first-order valence-corrected chi connectivity index (χ1v) is 6.42. The van der Waals surface area contributed by atoms with Crippen LogP contribution in [-0.2, 0) is 19.1 Å². The van der Waals surface area contributed by atoms with Crippen molar-refractivity contribution >= 4 is 6.03 Å². The van der Waals surface area contributed by atoms with E-state index in [1.807, 2.05) is 0 Å². The average molecular weight is 260 g/mol. The first-order chi connectivity index (χ1) is 8.75. The van der Waals surface area contributed by atoms with E-state index in [1.54, 1.807) is 0 Å². The van der Waals surface area contributed by atoms with Gasteiger partial charge in [-0.05, 0) is 25.7 Å². The van der Waals surface area contributed by atoms with Crippen LogP contribution < -0.4 is 5.73 Å². The molecule has 0 aliphatic carbocycles. The van der Waals surface area contributed by atoms with E-state index in [4.69, 9.17) is 24.9 Å². The average Bonchev–Trinajstić information content (AvgIpc) is 2.40. The number of hydroxylamine groups is 2. The second-order valence-corrected chi connectivity index (χ2v) is 4.40. The molecule has 18 heavy (non-hydrogen) atoms. The van der Waals surface area contributed by atoms with E-state index in [0.29, 0.717) is 18.4 Å². The molecular weight excluding hydrogens is 240 g/mol. The Bertz CT molecular complexity index is 244. The topological polar surface area (TPSA) is 83.3 Å². The largest absolute Gasteiger partial charge is 0.364 e. The summed E-state index contributed by atoms with van der Waals surface area (Å²) in [6, 6.07) is -0.807. The predicted octanol–water partition coefficient (Wildman–Crippen LogP) is 1.28. The molecule has 2 heterocycles. The zero-order valence-electron chi connectivity index (χ0n) is 10.4. The summed E-state index contributed by atoms with van der Waals surface area (Å²) >= 11 is 0. The van der Waals surface area contributed by atoms with E-state index in [2.05, 4.69) is 0 Å². The van der Waals surface area contributed by atoms with Gasteiger partial charge in [-0.3, -0.25) is 0 Å². The van der Waals surface area contributed by atoms with Crippen molar-refractivity contribution in [1.29, 1.82) is 0 Å². The van der Waals surface area contributed by atoms with Crippen molar-refractivity contribution in [2.75, 3.05) is 13.2 Å². The zero-order valence-corrected chi connectivity index (χ0v) is 10.4. The molecule has 0 radical (unpaired) electrons. The molecule has 104 valence electrons. The molecule has 2 amide bonds. The third-order valence-corrected chi connectivity index (χ3v) is 2.88. The van der Waals surface area contributed by atoms with Gasteiger partial charge in [-0.2, -0.15) is 0 Å². The van der Waals surface area contributed by atoms with Crippen molar-refractivity contribution in [1.82, 2.24) is 5.23 Å². The lowest BCUT2D eigenvalue weighted by Gasteiger charge is -2.30. The van der Waals surface area contributed by atoms with Gasteiger partial charge in [0.25, 0.3) is 0 Å². The third kappa shape index (κ3) is 4.09. The van der Waals surface area contributed by atoms with E-state index < -0.39 is 18.6 Å². The molecule has 2 fully saturated rings. The van der Waals surface area contributed by atoms with Crippen LogP contribution in [0.5, 0.6) is 0 Å². The minimum atomic E-state index is -0.807. The van der Waals surface area contributed by atoms with Crippen molar-refractivity contribution in [3.8, 4) is 0 Å². The van der Waals surface area contributed by atoms with E-state index in [9.17, 15) is 4.79 Å². The highest BCUT2D eigenvalue weighted by Gasteiger charge is 2.26. The first kappa shape index (κ1) is 13.5. The fraction of sp³-hybridized carbons (Fsp3) is 0.909. The number of carbonyl (C=O) groups is 1. The summed E-state index contributed by atoms with van der Waals surface area (Å²) in [4.78, 5) is 21.8. The Hall–Kier alpha value is -0.890. The maximum Gasteiger partial charge on any atom is 0.364 e. The number of nitrogens with zero attached hydrogens (tertiary/aromatic N) is 1. The molecule has 2 aliphatic rings. The van der Waals surface area contributed by atoms with Crippen molar-refractivity contribution in [2.24, 2.45) is 5.73 Å². The lowest BCUT2D eigenvalue weighted by Crippen LogP contribution is -2.43. The van der Waals surface area contributed by atoms with E-state index in [1.165, 1.54) is 0 Å². The molecule has 0 saturated carbocycles. The summed E-state index contributed by atoms with van der Waals surface area (Å²) in [7, 11) is 0. The Morgan fingerprint density at radius 3 is 1.83 bits per heavy atom. The minimum Gasteiger partial charge on any atom is -0.350 e.